The van der Waals surface area contributed by atoms with Crippen molar-refractivity contribution >= 4 is 0 Å². The Balaban J connectivity index is 1.91. The van der Waals surface area contributed by atoms with E-state index in [0.29, 0.717) is 12.1 Å². The van der Waals surface area contributed by atoms with Crippen LogP contribution < -0.4 is 5.32 Å². The highest BCUT2D eigenvalue weighted by Gasteiger charge is 2.37. The maximum atomic E-state index is 5.44. The SMILES string of the molecule is COC1CCCNC1C1CC1. The molecule has 0 aromatic carbocycles. The summed E-state index contributed by atoms with van der Waals surface area (Å²) < 4.78 is 5.44. The number of rotatable bonds is 2. The van der Waals surface area contributed by atoms with Crippen LogP contribution >= 0.6 is 0 Å². The van der Waals surface area contributed by atoms with Crippen molar-refractivity contribution in [2.24, 2.45) is 5.92 Å². The van der Waals surface area contributed by atoms with E-state index < -0.39 is 0 Å². The lowest BCUT2D eigenvalue weighted by atomic mass is 9.97. The Morgan fingerprint density at radius 2 is 2.09 bits per heavy atom. The normalized spacial score (nSPS) is 39.0. The van der Waals surface area contributed by atoms with Gasteiger partial charge in [0.15, 0.2) is 0 Å². The first-order valence-electron chi connectivity index (χ1n) is 4.68. The summed E-state index contributed by atoms with van der Waals surface area (Å²) in [6, 6.07) is 0.675. The highest BCUT2D eigenvalue weighted by molar-refractivity contribution is 4.93. The molecule has 1 heterocycles. The van der Waals surface area contributed by atoms with Gasteiger partial charge in [0.25, 0.3) is 0 Å². The van der Waals surface area contributed by atoms with Crippen LogP contribution in [-0.4, -0.2) is 25.8 Å². The molecule has 11 heavy (non-hydrogen) atoms. The van der Waals surface area contributed by atoms with E-state index in [4.69, 9.17) is 4.74 Å². The molecule has 2 unspecified atom stereocenters. The quantitative estimate of drug-likeness (QED) is 0.646. The van der Waals surface area contributed by atoms with E-state index in [1.54, 1.807) is 0 Å². The fourth-order valence-corrected chi connectivity index (χ4v) is 2.07. The molecule has 0 spiro atoms. The minimum atomic E-state index is 0.497. The number of methoxy groups -OCH3 is 1. The molecule has 64 valence electrons. The molecule has 1 saturated carbocycles. The molecule has 1 saturated heterocycles. The number of piperidine rings is 1. The van der Waals surface area contributed by atoms with Crippen LogP contribution in [0.3, 0.4) is 0 Å². The molecule has 1 aliphatic carbocycles. The van der Waals surface area contributed by atoms with Crippen molar-refractivity contribution in [2.45, 2.75) is 37.8 Å². The first-order valence-corrected chi connectivity index (χ1v) is 4.68. The maximum Gasteiger partial charge on any atom is 0.0727 e. The van der Waals surface area contributed by atoms with Crippen LogP contribution in [0.1, 0.15) is 25.7 Å². The predicted molar refractivity (Wildman–Crippen MR) is 44.5 cm³/mol. The van der Waals surface area contributed by atoms with E-state index in [9.17, 15) is 0 Å². The lowest BCUT2D eigenvalue weighted by Gasteiger charge is -2.31. The molecule has 2 heteroatoms. The maximum absolute atomic E-state index is 5.44. The zero-order valence-corrected chi connectivity index (χ0v) is 7.18. The van der Waals surface area contributed by atoms with Gasteiger partial charge < -0.3 is 10.1 Å². The Labute approximate surface area is 68.3 Å². The van der Waals surface area contributed by atoms with Gasteiger partial charge in [-0.3, -0.25) is 0 Å². The Hall–Kier alpha value is -0.0800. The van der Waals surface area contributed by atoms with Gasteiger partial charge in [0.2, 0.25) is 0 Å². The van der Waals surface area contributed by atoms with Crippen molar-refractivity contribution in [3.8, 4) is 0 Å². The van der Waals surface area contributed by atoms with Crippen molar-refractivity contribution in [1.82, 2.24) is 5.32 Å². The van der Waals surface area contributed by atoms with Gasteiger partial charge in [-0.2, -0.15) is 0 Å². The van der Waals surface area contributed by atoms with Gasteiger partial charge in [-0.1, -0.05) is 0 Å². The molecule has 0 amide bonds. The van der Waals surface area contributed by atoms with Crippen LogP contribution in [0.2, 0.25) is 0 Å². The molecule has 1 N–H and O–H groups in total. The topological polar surface area (TPSA) is 21.3 Å². The molecule has 1 aliphatic heterocycles. The minimum Gasteiger partial charge on any atom is -0.380 e. The lowest BCUT2D eigenvalue weighted by Crippen LogP contribution is -2.47. The van der Waals surface area contributed by atoms with Crippen molar-refractivity contribution in [1.29, 1.82) is 0 Å². The molecule has 2 nitrogen and oxygen atoms in total. The summed E-state index contributed by atoms with van der Waals surface area (Å²) in [7, 11) is 1.84. The van der Waals surface area contributed by atoms with Gasteiger partial charge in [-0.25, -0.2) is 0 Å². The first-order chi connectivity index (χ1) is 5.42. The molecule has 2 atom stereocenters. The van der Waals surface area contributed by atoms with E-state index in [1.807, 2.05) is 7.11 Å². The van der Waals surface area contributed by atoms with Gasteiger partial charge in [0.1, 0.15) is 0 Å². The zero-order chi connectivity index (χ0) is 7.68. The second-order valence-corrected chi connectivity index (χ2v) is 3.73. The van der Waals surface area contributed by atoms with Crippen LogP contribution in [0.25, 0.3) is 0 Å². The second kappa shape index (κ2) is 3.11. The Bertz CT molecular complexity index is 134. The lowest BCUT2D eigenvalue weighted by molar-refractivity contribution is 0.0384. The molecular formula is C9H17NO. The average molecular weight is 155 g/mol. The summed E-state index contributed by atoms with van der Waals surface area (Å²) >= 11 is 0. The van der Waals surface area contributed by atoms with Crippen LogP contribution in [-0.2, 0) is 4.74 Å². The summed E-state index contributed by atoms with van der Waals surface area (Å²) in [5.41, 5.74) is 0. The monoisotopic (exact) mass is 155 g/mol. The Morgan fingerprint density at radius 3 is 2.73 bits per heavy atom. The van der Waals surface area contributed by atoms with Crippen molar-refractivity contribution < 1.29 is 4.74 Å². The minimum absolute atomic E-state index is 0.497. The van der Waals surface area contributed by atoms with Crippen molar-refractivity contribution in [3.05, 3.63) is 0 Å². The van der Waals surface area contributed by atoms with E-state index in [2.05, 4.69) is 5.32 Å². The van der Waals surface area contributed by atoms with Crippen LogP contribution in [0.5, 0.6) is 0 Å². The first kappa shape index (κ1) is 7.56. The summed E-state index contributed by atoms with van der Waals surface area (Å²) in [6.45, 7) is 1.20. The number of nitrogens with one attached hydrogen (secondary N) is 1. The highest BCUT2D eigenvalue weighted by Crippen LogP contribution is 2.36. The molecule has 2 fully saturated rings. The van der Waals surface area contributed by atoms with Crippen LogP contribution in [0.15, 0.2) is 0 Å². The molecular weight excluding hydrogens is 138 g/mol. The molecule has 2 aliphatic rings. The van der Waals surface area contributed by atoms with Gasteiger partial charge in [0.05, 0.1) is 6.10 Å². The van der Waals surface area contributed by atoms with Crippen molar-refractivity contribution in [2.75, 3.05) is 13.7 Å². The molecule has 2 rings (SSSR count). The summed E-state index contributed by atoms with van der Waals surface area (Å²) in [4.78, 5) is 0. The molecule has 0 aromatic rings. The third-order valence-corrected chi connectivity index (χ3v) is 2.88. The molecule has 0 bridgehead atoms. The standard InChI is InChI=1S/C9H17NO/c1-11-8-3-2-6-10-9(8)7-4-5-7/h7-10H,2-6H2,1H3. The second-order valence-electron chi connectivity index (χ2n) is 3.73. The number of hydrogen-bond donors (Lipinski definition) is 1. The number of hydrogen-bond acceptors (Lipinski definition) is 2. The van der Waals surface area contributed by atoms with E-state index in [-0.39, 0.29) is 0 Å². The summed E-state index contributed by atoms with van der Waals surface area (Å²) in [5.74, 6) is 0.931. The smallest absolute Gasteiger partial charge is 0.0727 e. The van der Waals surface area contributed by atoms with Crippen LogP contribution in [0.4, 0.5) is 0 Å². The fourth-order valence-electron chi connectivity index (χ4n) is 2.07. The highest BCUT2D eigenvalue weighted by atomic mass is 16.5. The third-order valence-electron chi connectivity index (χ3n) is 2.88. The summed E-state index contributed by atoms with van der Waals surface area (Å²) in [6.07, 6.45) is 5.86. The molecule has 0 aromatic heterocycles. The zero-order valence-electron chi connectivity index (χ0n) is 7.18. The van der Waals surface area contributed by atoms with Gasteiger partial charge in [-0.05, 0) is 38.1 Å². The molecule has 0 radical (unpaired) electrons. The van der Waals surface area contributed by atoms with E-state index >= 15 is 0 Å². The predicted octanol–water partition coefficient (Wildman–Crippen LogP) is 1.16. The average Bonchev–Trinajstić information content (AvgIpc) is 2.87. The Kier molecular flexibility index (Phi) is 2.14. The van der Waals surface area contributed by atoms with Gasteiger partial charge in [0, 0.05) is 13.2 Å². The number of ether oxygens (including phenoxy) is 1. The largest absolute Gasteiger partial charge is 0.380 e. The van der Waals surface area contributed by atoms with E-state index in [0.717, 1.165) is 5.92 Å². The van der Waals surface area contributed by atoms with Crippen LogP contribution in [0, 0.1) is 5.92 Å². The Morgan fingerprint density at radius 1 is 1.27 bits per heavy atom. The van der Waals surface area contributed by atoms with Gasteiger partial charge in [-0.15, -0.1) is 0 Å². The third kappa shape index (κ3) is 1.57. The van der Waals surface area contributed by atoms with E-state index in [1.165, 1.54) is 32.2 Å². The van der Waals surface area contributed by atoms with Gasteiger partial charge >= 0.3 is 0 Å². The summed E-state index contributed by atoms with van der Waals surface area (Å²) in [5, 5.41) is 3.56. The van der Waals surface area contributed by atoms with Crippen molar-refractivity contribution in [3.63, 3.8) is 0 Å². The fraction of sp³-hybridized carbons (Fsp3) is 1.00.